The second kappa shape index (κ2) is 9.87. The molecule has 8 heteroatoms. The molecule has 0 unspecified atom stereocenters. The molecule has 29 heavy (non-hydrogen) atoms. The molecule has 0 atom stereocenters. The first kappa shape index (κ1) is 18.1. The van der Waals surface area contributed by atoms with Crippen molar-refractivity contribution in [1.82, 2.24) is 14.9 Å². The van der Waals surface area contributed by atoms with E-state index in [0.717, 1.165) is 4.47 Å². The molecule has 1 aliphatic rings. The fourth-order valence-electron chi connectivity index (χ4n) is 3.58. The van der Waals surface area contributed by atoms with E-state index in [1.807, 2.05) is 18.2 Å². The van der Waals surface area contributed by atoms with Gasteiger partial charge in [0, 0.05) is 26.7 Å². The second-order valence-electron chi connectivity index (χ2n) is 6.97. The van der Waals surface area contributed by atoms with Crippen molar-refractivity contribution in [2.24, 2.45) is 5.92 Å². The number of esters is 1. The number of ether oxygens (including phenoxy) is 2. The molecular formula is C21H25BrClN3O3. The SMILES string of the molecule is [2H]C([2H])([2H])N(Cc1ncc(-c2cccc(Br)c2Cl)nc1OC)C1CCC(C(=O)OC)CC1. The lowest BCUT2D eigenvalue weighted by atomic mass is 9.85. The standard InChI is InChI=1S/C21H25BrClN3O3/c1-26(14-9-7-13(8-10-14)21(27)29-3)12-18-20(28-2)25-17(11-24-18)15-5-4-6-16(22)19(15)23/h4-6,11,13-14H,7-10,12H2,1-3H3/i1D3. The summed E-state index contributed by atoms with van der Waals surface area (Å²) in [7, 11) is 2.85. The van der Waals surface area contributed by atoms with E-state index >= 15 is 0 Å². The Morgan fingerprint density at radius 1 is 1.34 bits per heavy atom. The van der Waals surface area contributed by atoms with Crippen molar-refractivity contribution < 1.29 is 18.4 Å². The van der Waals surface area contributed by atoms with Crippen molar-refractivity contribution in [1.29, 1.82) is 0 Å². The Morgan fingerprint density at radius 3 is 2.76 bits per heavy atom. The number of carbonyl (C=O) groups excluding carboxylic acids is 1. The number of methoxy groups -OCH3 is 2. The van der Waals surface area contributed by atoms with Gasteiger partial charge in [-0.3, -0.25) is 14.7 Å². The maximum Gasteiger partial charge on any atom is 0.308 e. The van der Waals surface area contributed by atoms with Gasteiger partial charge in [0.05, 0.1) is 37.1 Å². The highest BCUT2D eigenvalue weighted by Crippen LogP contribution is 2.34. The van der Waals surface area contributed by atoms with Crippen LogP contribution >= 0.6 is 27.5 Å². The smallest absolute Gasteiger partial charge is 0.308 e. The molecular weight excluding hydrogens is 458 g/mol. The average Bonchev–Trinajstić information content (AvgIpc) is 2.78. The number of carbonyl (C=O) groups is 1. The van der Waals surface area contributed by atoms with Gasteiger partial charge >= 0.3 is 5.97 Å². The summed E-state index contributed by atoms with van der Waals surface area (Å²) in [4.78, 5) is 22.3. The molecule has 1 aliphatic carbocycles. The largest absolute Gasteiger partial charge is 0.480 e. The first-order valence-electron chi connectivity index (χ1n) is 10.8. The third kappa shape index (κ3) is 5.08. The number of hydrogen-bond acceptors (Lipinski definition) is 6. The Morgan fingerprint density at radius 2 is 2.10 bits per heavy atom. The van der Waals surface area contributed by atoms with Gasteiger partial charge in [-0.1, -0.05) is 23.7 Å². The molecule has 1 fully saturated rings. The highest BCUT2D eigenvalue weighted by molar-refractivity contribution is 9.10. The summed E-state index contributed by atoms with van der Waals surface area (Å²) in [6, 6.07) is 5.28. The number of halogens is 2. The molecule has 0 amide bonds. The van der Waals surface area contributed by atoms with Crippen molar-refractivity contribution >= 4 is 33.5 Å². The molecule has 3 rings (SSSR count). The fraction of sp³-hybridized carbons (Fsp3) is 0.476. The Balaban J connectivity index is 1.84. The zero-order valence-corrected chi connectivity index (χ0v) is 18.7. The molecule has 1 aromatic heterocycles. The van der Waals surface area contributed by atoms with E-state index in [1.54, 1.807) is 6.20 Å². The van der Waals surface area contributed by atoms with Crippen LogP contribution in [0.4, 0.5) is 0 Å². The summed E-state index contributed by atoms with van der Waals surface area (Å²) >= 11 is 9.78. The van der Waals surface area contributed by atoms with E-state index in [2.05, 4.69) is 25.9 Å². The van der Waals surface area contributed by atoms with Gasteiger partial charge in [-0.25, -0.2) is 4.98 Å². The number of aromatic nitrogens is 2. The highest BCUT2D eigenvalue weighted by Gasteiger charge is 2.29. The van der Waals surface area contributed by atoms with E-state index in [0.29, 0.717) is 47.7 Å². The first-order chi connectivity index (χ1) is 15.2. The van der Waals surface area contributed by atoms with E-state index in [1.165, 1.54) is 19.1 Å². The Hall–Kier alpha value is -1.70. The zero-order valence-electron chi connectivity index (χ0n) is 19.3. The monoisotopic (exact) mass is 484 g/mol. The third-order valence-corrected chi connectivity index (χ3v) is 6.52. The van der Waals surface area contributed by atoms with Crippen molar-refractivity contribution in [3.63, 3.8) is 0 Å². The minimum absolute atomic E-state index is 0.0483. The highest BCUT2D eigenvalue weighted by atomic mass is 79.9. The quantitative estimate of drug-likeness (QED) is 0.551. The van der Waals surface area contributed by atoms with Crippen LogP contribution in [0.15, 0.2) is 28.9 Å². The molecule has 0 spiro atoms. The second-order valence-corrected chi connectivity index (χ2v) is 8.20. The van der Waals surface area contributed by atoms with Crippen LogP contribution in [0.3, 0.4) is 0 Å². The maximum absolute atomic E-state index is 11.8. The Kier molecular flexibility index (Phi) is 6.16. The van der Waals surface area contributed by atoms with Gasteiger partial charge in [0.15, 0.2) is 0 Å². The molecule has 156 valence electrons. The van der Waals surface area contributed by atoms with Crippen molar-refractivity contribution in [2.45, 2.75) is 38.3 Å². The summed E-state index contributed by atoms with van der Waals surface area (Å²) in [6.45, 7) is -2.28. The molecule has 0 aliphatic heterocycles. The Bertz CT molecular complexity index is 969. The maximum atomic E-state index is 11.8. The summed E-state index contributed by atoms with van der Waals surface area (Å²) in [6.07, 6.45) is 3.91. The summed E-state index contributed by atoms with van der Waals surface area (Å²) in [5.74, 6) is -0.174. The van der Waals surface area contributed by atoms with Gasteiger partial charge in [-0.15, -0.1) is 0 Å². The van der Waals surface area contributed by atoms with Gasteiger partial charge in [0.2, 0.25) is 5.88 Å². The van der Waals surface area contributed by atoms with Crippen LogP contribution in [0.1, 0.15) is 35.5 Å². The number of benzene rings is 1. The van der Waals surface area contributed by atoms with E-state index in [-0.39, 0.29) is 30.4 Å². The lowest BCUT2D eigenvalue weighted by Crippen LogP contribution is -2.36. The lowest BCUT2D eigenvalue weighted by Gasteiger charge is -2.33. The first-order valence-corrected chi connectivity index (χ1v) is 10.5. The predicted octanol–water partition coefficient (Wildman–Crippen LogP) is 4.73. The lowest BCUT2D eigenvalue weighted by molar-refractivity contribution is -0.146. The van der Waals surface area contributed by atoms with Crippen LogP contribution in [0.5, 0.6) is 5.88 Å². The molecule has 2 aromatic rings. The van der Waals surface area contributed by atoms with Crippen LogP contribution in [0.25, 0.3) is 11.3 Å². The number of rotatable bonds is 6. The van der Waals surface area contributed by atoms with Gasteiger partial charge < -0.3 is 9.47 Å². The number of nitrogens with zero attached hydrogens (tertiary/aromatic N) is 3. The minimum atomic E-state index is -2.33. The molecule has 6 nitrogen and oxygen atoms in total. The van der Waals surface area contributed by atoms with Crippen LogP contribution < -0.4 is 4.74 Å². The van der Waals surface area contributed by atoms with Crippen LogP contribution in [-0.2, 0) is 16.1 Å². The molecule has 1 heterocycles. The normalized spacial score (nSPS) is 21.2. The van der Waals surface area contributed by atoms with Crippen LogP contribution in [0.2, 0.25) is 5.02 Å². The van der Waals surface area contributed by atoms with Gasteiger partial charge in [0.25, 0.3) is 0 Å². The summed E-state index contributed by atoms with van der Waals surface area (Å²) in [5.41, 5.74) is 1.64. The zero-order chi connectivity index (χ0) is 23.5. The minimum Gasteiger partial charge on any atom is -0.480 e. The molecule has 0 bridgehead atoms. The predicted molar refractivity (Wildman–Crippen MR) is 116 cm³/mol. The van der Waals surface area contributed by atoms with Crippen LogP contribution in [-0.4, -0.2) is 48.1 Å². The van der Waals surface area contributed by atoms with Crippen molar-refractivity contribution in [3.05, 3.63) is 39.6 Å². The molecule has 1 saturated carbocycles. The fourth-order valence-corrected chi connectivity index (χ4v) is 4.17. The third-order valence-electron chi connectivity index (χ3n) is 5.22. The Labute approximate surface area is 188 Å². The molecule has 1 aromatic carbocycles. The average molecular weight is 486 g/mol. The van der Waals surface area contributed by atoms with E-state index in [4.69, 9.17) is 25.2 Å². The van der Waals surface area contributed by atoms with Gasteiger partial charge in [0.1, 0.15) is 5.69 Å². The molecule has 0 saturated heterocycles. The van der Waals surface area contributed by atoms with E-state index in [9.17, 15) is 4.79 Å². The summed E-state index contributed by atoms with van der Waals surface area (Å²) in [5, 5.41) is 0.503. The van der Waals surface area contributed by atoms with Gasteiger partial charge in [-0.2, -0.15) is 0 Å². The van der Waals surface area contributed by atoms with Crippen molar-refractivity contribution in [3.8, 4) is 17.1 Å². The topological polar surface area (TPSA) is 64.5 Å². The van der Waals surface area contributed by atoms with E-state index < -0.39 is 6.98 Å². The van der Waals surface area contributed by atoms with Crippen molar-refractivity contribution in [2.75, 3.05) is 21.2 Å². The summed E-state index contributed by atoms with van der Waals surface area (Å²) < 4.78 is 35.2. The number of hydrogen-bond donors (Lipinski definition) is 0. The van der Waals surface area contributed by atoms with Gasteiger partial charge in [-0.05, 0) is 54.7 Å². The molecule has 0 N–H and O–H groups in total. The molecule has 0 radical (unpaired) electrons. The van der Waals surface area contributed by atoms with Crippen LogP contribution in [0, 0.1) is 5.92 Å².